The van der Waals surface area contributed by atoms with Crippen molar-refractivity contribution in [2.24, 2.45) is 0 Å². The summed E-state index contributed by atoms with van der Waals surface area (Å²) in [7, 11) is 0. The number of hydrogen-bond donors (Lipinski definition) is 2. The summed E-state index contributed by atoms with van der Waals surface area (Å²) in [5.74, 6) is 0. The zero-order valence-electron chi connectivity index (χ0n) is 10.4. The molecule has 0 bridgehead atoms. The van der Waals surface area contributed by atoms with Gasteiger partial charge in [0.15, 0.2) is 0 Å². The highest BCUT2D eigenvalue weighted by atomic mass is 79.9. The number of nitrogens with one attached hydrogen (secondary N) is 1. The first-order valence-electron chi connectivity index (χ1n) is 6.16. The number of halogens is 4. The third kappa shape index (κ3) is 6.29. The lowest BCUT2D eigenvalue weighted by Crippen LogP contribution is -2.07. The molecule has 0 saturated carbocycles. The number of unbranched alkanes of at least 4 members (excludes halogenated alkanes) is 3. The molecule has 108 valence electrons. The maximum Gasteiger partial charge on any atom is 0.416 e. The van der Waals surface area contributed by atoms with Gasteiger partial charge in [-0.25, -0.2) is 0 Å². The van der Waals surface area contributed by atoms with Gasteiger partial charge in [0.2, 0.25) is 0 Å². The fourth-order valence-corrected chi connectivity index (χ4v) is 2.17. The SMILES string of the molecule is OCCCCCCNc1cc(Br)cc(C(F)(F)F)c1. The van der Waals surface area contributed by atoms with Gasteiger partial charge in [-0.3, -0.25) is 0 Å². The third-order valence-corrected chi connectivity index (χ3v) is 3.10. The Morgan fingerprint density at radius 3 is 2.37 bits per heavy atom. The molecule has 1 rings (SSSR count). The highest BCUT2D eigenvalue weighted by Gasteiger charge is 2.31. The summed E-state index contributed by atoms with van der Waals surface area (Å²) in [5.41, 5.74) is -0.200. The average molecular weight is 340 g/mol. The largest absolute Gasteiger partial charge is 0.416 e. The van der Waals surface area contributed by atoms with E-state index in [9.17, 15) is 13.2 Å². The van der Waals surface area contributed by atoms with Crippen molar-refractivity contribution in [3.05, 3.63) is 28.2 Å². The van der Waals surface area contributed by atoms with Crippen LogP contribution in [-0.4, -0.2) is 18.3 Å². The van der Waals surface area contributed by atoms with Crippen molar-refractivity contribution in [2.45, 2.75) is 31.9 Å². The van der Waals surface area contributed by atoms with Crippen molar-refractivity contribution >= 4 is 21.6 Å². The van der Waals surface area contributed by atoms with E-state index in [0.717, 1.165) is 37.8 Å². The molecule has 0 aliphatic carbocycles. The molecule has 19 heavy (non-hydrogen) atoms. The third-order valence-electron chi connectivity index (χ3n) is 2.64. The molecule has 2 nitrogen and oxygen atoms in total. The molecule has 0 unspecified atom stereocenters. The topological polar surface area (TPSA) is 32.3 Å². The summed E-state index contributed by atoms with van der Waals surface area (Å²) < 4.78 is 38.2. The van der Waals surface area contributed by atoms with Crippen LogP contribution in [0.25, 0.3) is 0 Å². The molecule has 0 amide bonds. The minimum atomic E-state index is -4.33. The van der Waals surface area contributed by atoms with Gasteiger partial charge in [-0.1, -0.05) is 28.8 Å². The van der Waals surface area contributed by atoms with E-state index in [1.54, 1.807) is 6.07 Å². The highest BCUT2D eigenvalue weighted by Crippen LogP contribution is 2.33. The van der Waals surface area contributed by atoms with Crippen LogP contribution < -0.4 is 5.32 Å². The van der Waals surface area contributed by atoms with Gasteiger partial charge in [-0.2, -0.15) is 13.2 Å². The minimum absolute atomic E-state index is 0.188. The van der Waals surface area contributed by atoms with Gasteiger partial charge in [-0.15, -0.1) is 0 Å². The smallest absolute Gasteiger partial charge is 0.396 e. The Labute approximate surface area is 119 Å². The van der Waals surface area contributed by atoms with E-state index in [1.807, 2.05) is 0 Å². The number of rotatable bonds is 7. The van der Waals surface area contributed by atoms with E-state index in [4.69, 9.17) is 5.11 Å². The maximum atomic E-state index is 12.6. The second-order valence-corrected chi connectivity index (χ2v) is 5.21. The van der Waals surface area contributed by atoms with Crippen LogP contribution in [-0.2, 0) is 6.18 Å². The van der Waals surface area contributed by atoms with Crippen molar-refractivity contribution in [2.75, 3.05) is 18.5 Å². The lowest BCUT2D eigenvalue weighted by Gasteiger charge is -2.11. The van der Waals surface area contributed by atoms with Crippen LogP contribution in [0, 0.1) is 0 Å². The Morgan fingerprint density at radius 1 is 1.05 bits per heavy atom. The molecule has 0 saturated heterocycles. The molecule has 1 aromatic carbocycles. The molecule has 0 aliphatic rings. The molecule has 1 aromatic rings. The van der Waals surface area contributed by atoms with Crippen LogP contribution in [0.2, 0.25) is 0 Å². The normalized spacial score (nSPS) is 11.6. The zero-order valence-corrected chi connectivity index (χ0v) is 12.0. The van der Waals surface area contributed by atoms with Gasteiger partial charge >= 0.3 is 6.18 Å². The predicted octanol–water partition coefficient (Wildman–Crippen LogP) is 4.43. The van der Waals surface area contributed by atoms with Crippen molar-refractivity contribution in [3.63, 3.8) is 0 Å². The van der Waals surface area contributed by atoms with Crippen LogP contribution in [0.4, 0.5) is 18.9 Å². The summed E-state index contributed by atoms with van der Waals surface area (Å²) in [6.45, 7) is 0.813. The Bertz CT molecular complexity index is 396. The average Bonchev–Trinajstić information content (AvgIpc) is 2.32. The molecule has 0 heterocycles. The molecule has 0 aromatic heterocycles. The Balaban J connectivity index is 2.48. The second kappa shape index (κ2) is 7.75. The van der Waals surface area contributed by atoms with E-state index in [2.05, 4.69) is 21.2 Å². The first kappa shape index (κ1) is 16.3. The van der Waals surface area contributed by atoms with Gasteiger partial charge in [0, 0.05) is 23.3 Å². The van der Waals surface area contributed by atoms with Crippen LogP contribution in [0.1, 0.15) is 31.2 Å². The van der Waals surface area contributed by atoms with Crippen molar-refractivity contribution in [1.29, 1.82) is 0 Å². The van der Waals surface area contributed by atoms with E-state index in [-0.39, 0.29) is 6.61 Å². The van der Waals surface area contributed by atoms with E-state index >= 15 is 0 Å². The number of aliphatic hydroxyl groups is 1. The monoisotopic (exact) mass is 339 g/mol. The van der Waals surface area contributed by atoms with E-state index in [0.29, 0.717) is 16.7 Å². The second-order valence-electron chi connectivity index (χ2n) is 4.29. The van der Waals surface area contributed by atoms with Crippen LogP contribution in [0.15, 0.2) is 22.7 Å². The van der Waals surface area contributed by atoms with Crippen molar-refractivity contribution in [1.82, 2.24) is 0 Å². The fraction of sp³-hybridized carbons (Fsp3) is 0.538. The molecule has 0 spiro atoms. The van der Waals surface area contributed by atoms with E-state index in [1.165, 1.54) is 0 Å². The molecule has 0 radical (unpaired) electrons. The van der Waals surface area contributed by atoms with Crippen molar-refractivity contribution < 1.29 is 18.3 Å². The molecular weight excluding hydrogens is 323 g/mol. The van der Waals surface area contributed by atoms with Gasteiger partial charge in [0.25, 0.3) is 0 Å². The van der Waals surface area contributed by atoms with Crippen LogP contribution in [0.5, 0.6) is 0 Å². The predicted molar refractivity (Wildman–Crippen MR) is 73.2 cm³/mol. The van der Waals surface area contributed by atoms with Gasteiger partial charge < -0.3 is 10.4 Å². The minimum Gasteiger partial charge on any atom is -0.396 e. The lowest BCUT2D eigenvalue weighted by atomic mass is 10.1. The molecule has 0 aliphatic heterocycles. The Morgan fingerprint density at radius 2 is 1.74 bits per heavy atom. The van der Waals surface area contributed by atoms with Crippen LogP contribution in [0.3, 0.4) is 0 Å². The Kier molecular flexibility index (Phi) is 6.65. The quantitative estimate of drug-likeness (QED) is 0.720. The number of hydrogen-bond acceptors (Lipinski definition) is 2. The van der Waals surface area contributed by atoms with Gasteiger partial charge in [-0.05, 0) is 31.0 Å². The molecule has 2 N–H and O–H groups in total. The summed E-state index contributed by atoms with van der Waals surface area (Å²) in [6.07, 6.45) is -0.803. The van der Waals surface area contributed by atoms with Gasteiger partial charge in [0.1, 0.15) is 0 Å². The zero-order chi connectivity index (χ0) is 14.3. The highest BCUT2D eigenvalue weighted by molar-refractivity contribution is 9.10. The van der Waals surface area contributed by atoms with Crippen LogP contribution >= 0.6 is 15.9 Å². The first-order chi connectivity index (χ1) is 8.93. The van der Waals surface area contributed by atoms with Crippen molar-refractivity contribution in [3.8, 4) is 0 Å². The first-order valence-corrected chi connectivity index (χ1v) is 6.95. The van der Waals surface area contributed by atoms with E-state index < -0.39 is 11.7 Å². The lowest BCUT2D eigenvalue weighted by molar-refractivity contribution is -0.137. The number of anilines is 1. The summed E-state index contributed by atoms with van der Waals surface area (Å²) in [6, 6.07) is 3.80. The maximum absolute atomic E-state index is 12.6. The number of aliphatic hydroxyl groups excluding tert-OH is 1. The summed E-state index contributed by atoms with van der Waals surface area (Å²) in [5, 5.41) is 11.6. The molecular formula is C13H17BrF3NO. The molecule has 0 atom stereocenters. The molecule has 0 fully saturated rings. The fourth-order valence-electron chi connectivity index (χ4n) is 1.68. The number of alkyl halides is 3. The summed E-state index contributed by atoms with van der Waals surface area (Å²) in [4.78, 5) is 0. The number of benzene rings is 1. The standard InChI is InChI=1S/C13H17BrF3NO/c14-11-7-10(13(15,16)17)8-12(9-11)18-5-3-1-2-4-6-19/h7-9,18-19H,1-6H2. The Hall–Kier alpha value is -0.750. The van der Waals surface area contributed by atoms with Gasteiger partial charge in [0.05, 0.1) is 5.56 Å². The molecule has 6 heteroatoms. The summed E-state index contributed by atoms with van der Waals surface area (Å²) >= 11 is 3.08.